The van der Waals surface area contributed by atoms with Crippen molar-refractivity contribution in [2.75, 3.05) is 26.1 Å². The minimum absolute atomic E-state index is 0.349. The molecule has 0 amide bonds. The maximum Gasteiger partial charge on any atom is 0.414 e. The Hall–Kier alpha value is -3.07. The molecule has 9 nitrogen and oxygen atoms in total. The number of carbonyl (C=O) groups is 2. The zero-order valence-electron chi connectivity index (χ0n) is 18.1. The van der Waals surface area contributed by atoms with Gasteiger partial charge in [-0.2, -0.15) is 0 Å². The Kier molecular flexibility index (Phi) is 10.4. The number of nitrogens with zero attached hydrogens (tertiary/aromatic N) is 1. The van der Waals surface area contributed by atoms with Crippen molar-refractivity contribution in [1.29, 1.82) is 0 Å². The van der Waals surface area contributed by atoms with E-state index < -0.39 is 11.9 Å². The Morgan fingerprint density at radius 1 is 1.13 bits per heavy atom. The molecule has 0 bridgehead atoms. The average molecular weight is 421 g/mol. The molecular formula is C21H31N3O6. The predicted octanol–water partition coefficient (Wildman–Crippen LogP) is 2.99. The third kappa shape index (κ3) is 7.75. The summed E-state index contributed by atoms with van der Waals surface area (Å²) >= 11 is 0. The number of methoxy groups -OCH3 is 2. The molecule has 1 unspecified atom stereocenters. The van der Waals surface area contributed by atoms with Crippen molar-refractivity contribution in [1.82, 2.24) is 10.3 Å². The lowest BCUT2D eigenvalue weighted by Crippen LogP contribution is -2.25. The Morgan fingerprint density at radius 2 is 1.80 bits per heavy atom. The third-order valence-corrected chi connectivity index (χ3v) is 4.18. The summed E-state index contributed by atoms with van der Waals surface area (Å²) in [5.41, 5.74) is 1.88. The molecule has 0 aliphatic heterocycles. The highest BCUT2D eigenvalue weighted by Gasteiger charge is 2.15. The van der Waals surface area contributed by atoms with E-state index in [0.29, 0.717) is 17.8 Å². The third-order valence-electron chi connectivity index (χ3n) is 4.18. The van der Waals surface area contributed by atoms with Crippen molar-refractivity contribution < 1.29 is 29.3 Å². The summed E-state index contributed by atoms with van der Waals surface area (Å²) in [6, 6.07) is 6.77. The molecular weight excluding hydrogens is 390 g/mol. The van der Waals surface area contributed by atoms with Gasteiger partial charge in [-0.25, -0.2) is 9.59 Å². The van der Waals surface area contributed by atoms with Crippen LogP contribution in [-0.2, 0) is 9.59 Å². The number of aromatic nitrogens is 1. The fourth-order valence-electron chi connectivity index (χ4n) is 2.81. The van der Waals surface area contributed by atoms with Gasteiger partial charge in [0.15, 0.2) is 11.5 Å². The van der Waals surface area contributed by atoms with Crippen LogP contribution in [0.1, 0.15) is 33.6 Å². The molecule has 9 heteroatoms. The van der Waals surface area contributed by atoms with E-state index in [1.807, 2.05) is 18.2 Å². The highest BCUT2D eigenvalue weighted by atomic mass is 16.5. The number of nitrogens with one attached hydrogen (secondary N) is 2. The van der Waals surface area contributed by atoms with Gasteiger partial charge in [-0.05, 0) is 38.4 Å². The van der Waals surface area contributed by atoms with Crippen molar-refractivity contribution in [3.8, 4) is 11.5 Å². The quantitative estimate of drug-likeness (QED) is 0.356. The van der Waals surface area contributed by atoms with Crippen molar-refractivity contribution in [3.63, 3.8) is 0 Å². The fraction of sp³-hybridized carbons (Fsp3) is 0.476. The van der Waals surface area contributed by atoms with Crippen LogP contribution in [0, 0.1) is 0 Å². The van der Waals surface area contributed by atoms with Crippen LogP contribution in [0.2, 0.25) is 0 Å². The number of ether oxygens (including phenoxy) is 2. The first-order valence-electron chi connectivity index (χ1n) is 9.67. The molecule has 0 fully saturated rings. The molecule has 1 aromatic carbocycles. The van der Waals surface area contributed by atoms with E-state index in [-0.39, 0.29) is 0 Å². The first-order valence-corrected chi connectivity index (χ1v) is 9.67. The Morgan fingerprint density at radius 3 is 2.33 bits per heavy atom. The summed E-state index contributed by atoms with van der Waals surface area (Å²) in [4.78, 5) is 22.7. The summed E-state index contributed by atoms with van der Waals surface area (Å²) in [6.45, 7) is 7.57. The molecule has 0 aliphatic rings. The highest BCUT2D eigenvalue weighted by Crippen LogP contribution is 2.39. The van der Waals surface area contributed by atoms with Crippen LogP contribution in [0.3, 0.4) is 0 Å². The number of carboxylic acid groups (broad SMARTS) is 2. The van der Waals surface area contributed by atoms with Gasteiger partial charge in [-0.15, -0.1) is 0 Å². The van der Waals surface area contributed by atoms with Crippen LogP contribution in [0.25, 0.3) is 10.9 Å². The van der Waals surface area contributed by atoms with Gasteiger partial charge in [0.25, 0.3) is 0 Å². The molecule has 1 heterocycles. The zero-order valence-corrected chi connectivity index (χ0v) is 18.1. The van der Waals surface area contributed by atoms with Crippen LogP contribution < -0.4 is 20.1 Å². The van der Waals surface area contributed by atoms with Gasteiger partial charge in [-0.1, -0.05) is 13.8 Å². The van der Waals surface area contributed by atoms with E-state index in [9.17, 15) is 0 Å². The molecule has 0 radical (unpaired) electrons. The lowest BCUT2D eigenvalue weighted by Gasteiger charge is -2.19. The van der Waals surface area contributed by atoms with Crippen molar-refractivity contribution in [3.05, 3.63) is 24.4 Å². The average Bonchev–Trinajstić information content (AvgIpc) is 2.71. The number of carboxylic acids is 2. The van der Waals surface area contributed by atoms with Crippen LogP contribution in [0.5, 0.6) is 11.5 Å². The second-order valence-corrected chi connectivity index (χ2v) is 6.97. The second-order valence-electron chi connectivity index (χ2n) is 6.97. The van der Waals surface area contributed by atoms with E-state index in [1.54, 1.807) is 20.4 Å². The first-order chi connectivity index (χ1) is 14.2. The lowest BCUT2D eigenvalue weighted by atomic mass is 10.1. The number of anilines is 1. The Bertz CT molecular complexity index is 829. The van der Waals surface area contributed by atoms with Crippen LogP contribution in [-0.4, -0.2) is 60.0 Å². The number of rotatable bonds is 9. The van der Waals surface area contributed by atoms with Gasteiger partial charge in [0.05, 0.1) is 25.4 Å². The molecule has 0 spiro atoms. The number of hydrogen-bond acceptors (Lipinski definition) is 7. The normalized spacial score (nSPS) is 11.4. The van der Waals surface area contributed by atoms with Crippen molar-refractivity contribution >= 4 is 28.5 Å². The van der Waals surface area contributed by atoms with Gasteiger partial charge in [0, 0.05) is 29.7 Å². The minimum Gasteiger partial charge on any atom is -0.493 e. The SMILES string of the molecule is COc1cc(NC(C)CCCNC(C)C)c2ncccc2c1OC.O=C(O)C(=O)O. The number of fused-ring (bicyclic) bond motifs is 1. The van der Waals surface area contributed by atoms with E-state index in [2.05, 4.69) is 36.4 Å². The first kappa shape index (κ1) is 25.0. The number of aliphatic carboxylic acids is 2. The summed E-state index contributed by atoms with van der Waals surface area (Å²) in [5.74, 6) is -2.21. The maximum atomic E-state index is 9.10. The summed E-state index contributed by atoms with van der Waals surface area (Å²) < 4.78 is 11.0. The van der Waals surface area contributed by atoms with E-state index in [4.69, 9.17) is 29.3 Å². The molecule has 2 rings (SSSR count). The number of hydrogen-bond donors (Lipinski definition) is 4. The van der Waals surface area contributed by atoms with Crippen LogP contribution >= 0.6 is 0 Å². The minimum atomic E-state index is -1.82. The van der Waals surface area contributed by atoms with E-state index in [1.165, 1.54) is 0 Å². The van der Waals surface area contributed by atoms with Gasteiger partial charge in [-0.3, -0.25) is 4.98 Å². The van der Waals surface area contributed by atoms with E-state index >= 15 is 0 Å². The fourth-order valence-corrected chi connectivity index (χ4v) is 2.81. The molecule has 2 aromatic rings. The second kappa shape index (κ2) is 12.5. The topological polar surface area (TPSA) is 130 Å². The van der Waals surface area contributed by atoms with E-state index in [0.717, 1.165) is 41.7 Å². The summed E-state index contributed by atoms with van der Waals surface area (Å²) in [5, 5.41) is 22.8. The summed E-state index contributed by atoms with van der Waals surface area (Å²) in [7, 11) is 3.31. The monoisotopic (exact) mass is 421 g/mol. The Labute approximate surface area is 176 Å². The van der Waals surface area contributed by atoms with Gasteiger partial charge in [0.2, 0.25) is 0 Å². The molecule has 1 atom stereocenters. The van der Waals surface area contributed by atoms with Gasteiger partial charge >= 0.3 is 11.9 Å². The molecule has 0 saturated carbocycles. The van der Waals surface area contributed by atoms with Crippen molar-refractivity contribution in [2.45, 2.75) is 45.7 Å². The molecule has 0 aliphatic carbocycles. The lowest BCUT2D eigenvalue weighted by molar-refractivity contribution is -0.159. The number of pyridine rings is 1. The summed E-state index contributed by atoms with van der Waals surface area (Å²) in [6.07, 6.45) is 4.02. The van der Waals surface area contributed by atoms with Crippen LogP contribution in [0.15, 0.2) is 24.4 Å². The standard InChI is InChI=1S/C19H29N3O2.C2H2O4/c1-13(2)20-10-6-8-14(3)22-16-12-17(23-4)19(24-5)15-9-7-11-21-18(15)16;3-1(4)2(5)6/h7,9,11-14,20,22H,6,8,10H2,1-5H3;(H,3,4)(H,5,6). The highest BCUT2D eigenvalue weighted by molar-refractivity contribution is 6.27. The predicted molar refractivity (Wildman–Crippen MR) is 116 cm³/mol. The van der Waals surface area contributed by atoms with Crippen LogP contribution in [0.4, 0.5) is 5.69 Å². The number of benzene rings is 1. The van der Waals surface area contributed by atoms with Gasteiger partial charge in [0.1, 0.15) is 0 Å². The van der Waals surface area contributed by atoms with Crippen molar-refractivity contribution in [2.24, 2.45) is 0 Å². The zero-order chi connectivity index (χ0) is 22.7. The Balaban J connectivity index is 0.000000656. The molecule has 4 N–H and O–H groups in total. The smallest absolute Gasteiger partial charge is 0.414 e. The molecule has 0 saturated heterocycles. The van der Waals surface area contributed by atoms with Gasteiger partial charge < -0.3 is 30.3 Å². The maximum absolute atomic E-state index is 9.10. The molecule has 166 valence electrons. The molecule has 30 heavy (non-hydrogen) atoms. The molecule has 1 aromatic heterocycles. The largest absolute Gasteiger partial charge is 0.493 e.